The van der Waals surface area contributed by atoms with E-state index in [2.05, 4.69) is 5.32 Å². The Balaban J connectivity index is 0.000000782. The number of halogens is 4. The molecule has 15 heteroatoms. The van der Waals surface area contributed by atoms with Crippen molar-refractivity contribution in [3.63, 3.8) is 0 Å². The first-order chi connectivity index (χ1) is 19.5. The lowest BCUT2D eigenvalue weighted by atomic mass is 9.80. The molecule has 2 amide bonds. The normalized spacial score (nSPS) is 18.0. The van der Waals surface area contributed by atoms with E-state index in [0.717, 1.165) is 18.2 Å². The first-order valence-electron chi connectivity index (χ1n) is 13.3. The molecule has 10 nitrogen and oxygen atoms in total. The molecule has 1 atom stereocenters. The fourth-order valence-electron chi connectivity index (χ4n) is 4.82. The molecule has 1 aromatic rings. The van der Waals surface area contributed by atoms with Crippen molar-refractivity contribution in [3.8, 4) is 0 Å². The van der Waals surface area contributed by atoms with E-state index >= 15 is 0 Å². The Morgan fingerprint density at radius 1 is 1.21 bits per heavy atom. The van der Waals surface area contributed by atoms with Crippen LogP contribution in [-0.4, -0.2) is 87.7 Å². The number of amides is 2. The highest BCUT2D eigenvalue weighted by Crippen LogP contribution is 2.30. The predicted octanol–water partition coefficient (Wildman–Crippen LogP) is 1.79. The number of carboxylic acid groups (broad SMARTS) is 2. The number of alkyl halides is 3. The average Bonchev–Trinajstić information content (AvgIpc) is 3.45. The summed E-state index contributed by atoms with van der Waals surface area (Å²) in [6, 6.07) is 3.86. The zero-order valence-electron chi connectivity index (χ0n) is 23.6. The lowest BCUT2D eigenvalue weighted by Crippen LogP contribution is -2.54. The van der Waals surface area contributed by atoms with Gasteiger partial charge in [-0.05, 0) is 57.2 Å². The van der Waals surface area contributed by atoms with Crippen molar-refractivity contribution in [2.75, 3.05) is 31.3 Å². The Hall–Kier alpha value is -3.36. The Kier molecular flexibility index (Phi) is 12.2. The quantitative estimate of drug-likeness (QED) is 0.226. The molecule has 0 unspecified atom stereocenters. The molecule has 2 fully saturated rings. The van der Waals surface area contributed by atoms with Crippen LogP contribution in [-0.2, 0) is 14.4 Å². The summed E-state index contributed by atoms with van der Waals surface area (Å²) >= 11 is 1.76. The second-order valence-electron chi connectivity index (χ2n) is 10.7. The summed E-state index contributed by atoms with van der Waals surface area (Å²) < 4.78 is 48.4. The number of carbonyl (C=O) groups excluding carboxylic acids is 3. The molecule has 2 saturated heterocycles. The number of benzene rings is 1. The summed E-state index contributed by atoms with van der Waals surface area (Å²) in [7, 11) is 0. The maximum absolute atomic E-state index is 14.9. The maximum atomic E-state index is 14.9. The lowest BCUT2D eigenvalue weighted by Gasteiger charge is -2.40. The summed E-state index contributed by atoms with van der Waals surface area (Å²) in [5.41, 5.74) is 5.72. The van der Waals surface area contributed by atoms with Crippen molar-refractivity contribution in [2.24, 2.45) is 17.1 Å². The lowest BCUT2D eigenvalue weighted by molar-refractivity contribution is -0.495. The van der Waals surface area contributed by atoms with Gasteiger partial charge in [0.25, 0.3) is 11.7 Å². The number of rotatable bonds is 8. The Labute approximate surface area is 245 Å². The van der Waals surface area contributed by atoms with Crippen LogP contribution in [0.1, 0.15) is 62.4 Å². The number of hydrogen-bond acceptors (Lipinski definition) is 6. The van der Waals surface area contributed by atoms with Gasteiger partial charge in [-0.1, -0.05) is 6.92 Å². The van der Waals surface area contributed by atoms with Gasteiger partial charge in [0.1, 0.15) is 17.7 Å². The van der Waals surface area contributed by atoms with Crippen molar-refractivity contribution in [2.45, 2.75) is 58.7 Å². The fraction of sp³-hybridized carbons (Fsp3) is 0.593. The van der Waals surface area contributed by atoms with Gasteiger partial charge in [0, 0.05) is 31.3 Å². The van der Waals surface area contributed by atoms with Crippen molar-refractivity contribution in [1.29, 1.82) is 0 Å². The van der Waals surface area contributed by atoms with Gasteiger partial charge in [0.15, 0.2) is 0 Å². The molecule has 0 radical (unpaired) electrons. The molecule has 2 aliphatic rings. The smallest absolute Gasteiger partial charge is 0.430 e. The second-order valence-corrected chi connectivity index (χ2v) is 11.7. The predicted molar refractivity (Wildman–Crippen MR) is 145 cm³/mol. The first kappa shape index (κ1) is 34.8. The molecule has 0 bridgehead atoms. The number of thioether (sulfide) groups is 1. The molecule has 234 valence electrons. The maximum Gasteiger partial charge on any atom is 0.430 e. The highest BCUT2D eigenvalue weighted by molar-refractivity contribution is 7.99. The minimum absolute atomic E-state index is 0.0720. The number of carbonyl (C=O) groups is 4. The monoisotopic (exact) mass is 620 g/mol. The highest BCUT2D eigenvalue weighted by atomic mass is 32.2. The van der Waals surface area contributed by atoms with Crippen molar-refractivity contribution in [1.82, 2.24) is 10.2 Å². The first-order valence-corrected chi connectivity index (χ1v) is 14.5. The van der Waals surface area contributed by atoms with Crippen LogP contribution in [0.5, 0.6) is 0 Å². The van der Waals surface area contributed by atoms with E-state index in [4.69, 9.17) is 20.7 Å². The average molecular weight is 621 g/mol. The summed E-state index contributed by atoms with van der Waals surface area (Å²) in [5, 5.41) is 20.7. The second kappa shape index (κ2) is 14.7. The standard InChI is InChI=1S/C25H35FN4O4S.C2HF3O2/c1-4-20(25(2,3)24(34)29-9-7-16(8-10-29)13-21(31)32)28-23(33)18-6-5-17(14-19(18)26)22(27)30-11-12-35-15-30;3-2(4,5)1(6)7/h5-6,14,16,20,27H,4,7-13,15H2,1-3H3,(H2,28,31,32,33);(H,6,7)/t20-;/m1./s1. The Morgan fingerprint density at radius 2 is 1.81 bits per heavy atom. The minimum atomic E-state index is -5.19. The molecule has 0 saturated carbocycles. The minimum Gasteiger partial charge on any atom is -0.542 e. The molecular formula is C27H36F4N4O6S. The largest absolute Gasteiger partial charge is 0.542 e. The summed E-state index contributed by atoms with van der Waals surface area (Å²) in [4.78, 5) is 47.8. The van der Waals surface area contributed by atoms with Crippen LogP contribution in [0.2, 0.25) is 0 Å². The fourth-order valence-corrected chi connectivity index (χ4v) is 5.78. The molecular weight excluding hydrogens is 584 g/mol. The van der Waals surface area contributed by atoms with Crippen molar-refractivity contribution in [3.05, 3.63) is 35.1 Å². The van der Waals surface area contributed by atoms with E-state index in [9.17, 15) is 31.9 Å². The van der Waals surface area contributed by atoms with E-state index in [0.29, 0.717) is 43.8 Å². The van der Waals surface area contributed by atoms with Gasteiger partial charge in [-0.25, -0.2) is 4.39 Å². The van der Waals surface area contributed by atoms with Gasteiger partial charge < -0.3 is 25.2 Å². The van der Waals surface area contributed by atoms with E-state index in [1.807, 2.05) is 11.5 Å². The molecule has 4 N–H and O–H groups in total. The van der Waals surface area contributed by atoms with E-state index < -0.39 is 41.3 Å². The molecule has 3 rings (SSSR count). The molecule has 2 heterocycles. The molecule has 0 spiro atoms. The topological polar surface area (TPSA) is 156 Å². The van der Waals surface area contributed by atoms with Crippen LogP contribution in [0, 0.1) is 17.2 Å². The van der Waals surface area contributed by atoms with Gasteiger partial charge in [0.05, 0.1) is 23.1 Å². The zero-order chi connectivity index (χ0) is 31.8. The molecule has 42 heavy (non-hydrogen) atoms. The molecule has 2 aliphatic heterocycles. The summed E-state index contributed by atoms with van der Waals surface area (Å²) in [5.74, 6) is -2.86. The van der Waals surface area contributed by atoms with Crippen LogP contribution in [0.3, 0.4) is 0 Å². The van der Waals surface area contributed by atoms with Gasteiger partial charge in [-0.2, -0.15) is 13.2 Å². The highest BCUT2D eigenvalue weighted by Gasteiger charge is 2.41. The van der Waals surface area contributed by atoms with Crippen LogP contribution in [0.4, 0.5) is 17.6 Å². The third kappa shape index (κ3) is 9.33. The number of hydrogen-bond donors (Lipinski definition) is 3. The van der Waals surface area contributed by atoms with Gasteiger partial charge >= 0.3 is 12.1 Å². The Morgan fingerprint density at radius 3 is 2.26 bits per heavy atom. The number of nitrogens with one attached hydrogen (secondary N) is 1. The third-order valence-corrected chi connectivity index (χ3v) is 8.30. The van der Waals surface area contributed by atoms with E-state index in [1.165, 1.54) is 12.1 Å². The van der Waals surface area contributed by atoms with Crippen molar-refractivity contribution >= 4 is 41.4 Å². The van der Waals surface area contributed by atoms with Crippen LogP contribution in [0.15, 0.2) is 18.2 Å². The third-order valence-electron chi connectivity index (χ3n) is 7.34. The van der Waals surface area contributed by atoms with E-state index in [-0.39, 0.29) is 23.8 Å². The molecule has 0 aromatic heterocycles. The van der Waals surface area contributed by atoms with Crippen LogP contribution >= 0.6 is 11.8 Å². The van der Waals surface area contributed by atoms with E-state index in [1.54, 1.807) is 36.6 Å². The zero-order valence-corrected chi connectivity index (χ0v) is 24.4. The van der Waals surface area contributed by atoms with Gasteiger partial charge in [-0.3, -0.25) is 24.7 Å². The van der Waals surface area contributed by atoms with Crippen molar-refractivity contribution < 1.29 is 51.5 Å². The number of nitrogens with zero attached hydrogens (tertiary/aromatic N) is 2. The number of piperidine rings is 1. The SMILES string of the molecule is CC[C@@H](NC(=O)c1ccc(/C(N)=[N+]2/CCSC2)cc1F)C(C)(C)C(=O)N1CCC(CC(=O)O)CC1.O=C([O-])C(F)(F)F. The number of carboxylic acids is 2. The van der Waals surface area contributed by atoms with Crippen LogP contribution in [0.25, 0.3) is 0 Å². The summed E-state index contributed by atoms with van der Waals surface area (Å²) in [6.45, 7) is 7.25. The van der Waals surface area contributed by atoms with Gasteiger partial charge in [0.2, 0.25) is 5.91 Å². The summed E-state index contributed by atoms with van der Waals surface area (Å²) in [6.07, 6.45) is -3.30. The molecule has 1 aromatic carbocycles. The number of aliphatic carboxylic acids is 2. The Bertz CT molecular complexity index is 1190. The van der Waals surface area contributed by atoms with Gasteiger partial charge in [-0.15, -0.1) is 11.8 Å². The molecule has 0 aliphatic carbocycles. The number of amidine groups is 1. The number of likely N-dealkylation sites (tertiary alicyclic amines) is 1. The number of nitrogens with two attached hydrogens (primary N) is 1. The van der Waals surface area contributed by atoms with Crippen LogP contribution < -0.4 is 16.2 Å².